The molecule has 1 saturated carbocycles. The SMILES string of the molecule is NCc1oc(-c2ccc(OC(F)F)c(OCC3CC3)c2)nc1C(=O)NC(C(=O)NCC(N)=O)c1ccc(F)cc1F. The Kier molecular flexibility index (Phi) is 9.07. The average molecular weight is 580 g/mol. The summed E-state index contributed by atoms with van der Waals surface area (Å²) in [6.07, 6.45) is 1.90. The average Bonchev–Trinajstić information content (AvgIpc) is 3.65. The number of halogens is 4. The largest absolute Gasteiger partial charge is 0.489 e. The molecule has 11 nitrogen and oxygen atoms in total. The smallest absolute Gasteiger partial charge is 0.387 e. The molecule has 0 spiro atoms. The number of carbonyl (C=O) groups is 3. The van der Waals surface area contributed by atoms with E-state index in [-0.39, 0.29) is 47.6 Å². The summed E-state index contributed by atoms with van der Waals surface area (Å²) in [5.41, 5.74) is 10.2. The molecule has 1 atom stereocenters. The number of hydrogen-bond donors (Lipinski definition) is 4. The van der Waals surface area contributed by atoms with Crippen molar-refractivity contribution in [2.45, 2.75) is 32.0 Å². The van der Waals surface area contributed by atoms with Gasteiger partial charge in [0.2, 0.25) is 17.7 Å². The van der Waals surface area contributed by atoms with Gasteiger partial charge < -0.3 is 36.0 Å². The highest BCUT2D eigenvalue weighted by Crippen LogP contribution is 2.36. The summed E-state index contributed by atoms with van der Waals surface area (Å²) in [6.45, 7) is -3.75. The maximum absolute atomic E-state index is 14.6. The minimum Gasteiger partial charge on any atom is -0.489 e. The van der Waals surface area contributed by atoms with E-state index in [1.54, 1.807) is 0 Å². The minimum atomic E-state index is -3.09. The third kappa shape index (κ3) is 7.51. The number of carbonyl (C=O) groups excluding carboxylic acids is 3. The monoisotopic (exact) mass is 579 g/mol. The van der Waals surface area contributed by atoms with Crippen molar-refractivity contribution in [3.8, 4) is 23.0 Å². The molecule has 1 unspecified atom stereocenters. The van der Waals surface area contributed by atoms with Crippen LogP contribution in [-0.4, -0.2) is 42.5 Å². The molecule has 4 rings (SSSR count). The summed E-state index contributed by atoms with van der Waals surface area (Å²) in [6, 6.07) is 4.53. The van der Waals surface area contributed by atoms with Gasteiger partial charge >= 0.3 is 6.61 Å². The Hall–Kier alpha value is -4.66. The summed E-state index contributed by atoms with van der Waals surface area (Å²) in [7, 11) is 0. The Labute approximate surface area is 230 Å². The molecule has 1 fully saturated rings. The minimum absolute atomic E-state index is 0.00571. The van der Waals surface area contributed by atoms with E-state index < -0.39 is 54.1 Å². The standard InChI is InChI=1S/C26H25F4N5O6/c27-14-4-5-15(16(28)8-14)21(23(37)33-10-20(32)36)34-24(38)22-19(9-31)40-25(35-22)13-3-6-17(41-26(29)30)18(7-13)39-11-12-1-2-12/h3-8,12,21,26H,1-2,9-11,31H2,(H2,32,36)(H,33,37)(H,34,38). The highest BCUT2D eigenvalue weighted by atomic mass is 19.3. The zero-order chi connectivity index (χ0) is 29.7. The third-order valence-corrected chi connectivity index (χ3v) is 5.92. The Morgan fingerprint density at radius 2 is 1.85 bits per heavy atom. The Bertz CT molecular complexity index is 1450. The van der Waals surface area contributed by atoms with E-state index in [9.17, 15) is 31.9 Å². The number of oxazole rings is 1. The second-order valence-corrected chi connectivity index (χ2v) is 9.05. The Morgan fingerprint density at radius 3 is 2.49 bits per heavy atom. The van der Waals surface area contributed by atoms with Gasteiger partial charge in [-0.2, -0.15) is 8.78 Å². The van der Waals surface area contributed by atoms with Crippen LogP contribution in [0.2, 0.25) is 0 Å². The van der Waals surface area contributed by atoms with Crippen LogP contribution < -0.4 is 31.6 Å². The van der Waals surface area contributed by atoms with Gasteiger partial charge in [-0.05, 0) is 43.0 Å². The Balaban J connectivity index is 1.63. The normalized spacial score (nSPS) is 13.5. The van der Waals surface area contributed by atoms with Crippen molar-refractivity contribution in [2.24, 2.45) is 17.4 Å². The van der Waals surface area contributed by atoms with Crippen molar-refractivity contribution in [3.63, 3.8) is 0 Å². The van der Waals surface area contributed by atoms with Crippen LogP contribution in [0.25, 0.3) is 11.5 Å². The molecule has 41 heavy (non-hydrogen) atoms. The molecule has 6 N–H and O–H groups in total. The van der Waals surface area contributed by atoms with E-state index >= 15 is 0 Å². The van der Waals surface area contributed by atoms with Crippen molar-refractivity contribution in [2.75, 3.05) is 13.2 Å². The summed E-state index contributed by atoms with van der Waals surface area (Å²) in [4.78, 5) is 41.2. The van der Waals surface area contributed by atoms with Crippen molar-refractivity contribution < 1.29 is 45.8 Å². The number of aromatic nitrogens is 1. The lowest BCUT2D eigenvalue weighted by Gasteiger charge is -2.19. The number of ether oxygens (including phenoxy) is 2. The maximum Gasteiger partial charge on any atom is 0.387 e. The van der Waals surface area contributed by atoms with Crippen molar-refractivity contribution in [3.05, 3.63) is 65.1 Å². The molecule has 0 bridgehead atoms. The topological polar surface area (TPSA) is 172 Å². The van der Waals surface area contributed by atoms with E-state index in [2.05, 4.69) is 20.4 Å². The molecule has 1 aliphatic carbocycles. The summed E-state index contributed by atoms with van der Waals surface area (Å²) < 4.78 is 69.6. The zero-order valence-corrected chi connectivity index (χ0v) is 21.3. The van der Waals surface area contributed by atoms with Crippen LogP contribution in [0.5, 0.6) is 11.5 Å². The first-order valence-corrected chi connectivity index (χ1v) is 12.3. The molecule has 0 aliphatic heterocycles. The molecular weight excluding hydrogens is 554 g/mol. The summed E-state index contributed by atoms with van der Waals surface area (Å²) in [5, 5.41) is 4.43. The zero-order valence-electron chi connectivity index (χ0n) is 21.3. The van der Waals surface area contributed by atoms with E-state index in [4.69, 9.17) is 20.6 Å². The lowest BCUT2D eigenvalue weighted by Crippen LogP contribution is -2.43. The molecule has 0 saturated heterocycles. The molecule has 218 valence electrons. The highest BCUT2D eigenvalue weighted by Gasteiger charge is 2.30. The van der Waals surface area contributed by atoms with Gasteiger partial charge in [-0.1, -0.05) is 6.07 Å². The first kappa shape index (κ1) is 29.3. The molecule has 1 heterocycles. The second-order valence-electron chi connectivity index (χ2n) is 9.05. The van der Waals surface area contributed by atoms with E-state index in [1.807, 2.05) is 0 Å². The van der Waals surface area contributed by atoms with Gasteiger partial charge in [-0.3, -0.25) is 14.4 Å². The van der Waals surface area contributed by atoms with Crippen molar-refractivity contribution in [1.29, 1.82) is 0 Å². The molecular formula is C26H25F4N5O6. The molecule has 2 aromatic carbocycles. The molecule has 3 amide bonds. The number of alkyl halides is 2. The van der Waals surface area contributed by atoms with Crippen LogP contribution in [0, 0.1) is 17.6 Å². The number of rotatable bonds is 13. The molecule has 3 aromatic rings. The van der Waals surface area contributed by atoms with Crippen molar-refractivity contribution >= 4 is 17.7 Å². The fraction of sp³-hybridized carbons (Fsp3) is 0.308. The van der Waals surface area contributed by atoms with E-state index in [0.717, 1.165) is 25.0 Å². The molecule has 0 radical (unpaired) electrons. The van der Waals surface area contributed by atoms with Gasteiger partial charge in [0.15, 0.2) is 23.0 Å². The van der Waals surface area contributed by atoms with Crippen LogP contribution >= 0.6 is 0 Å². The van der Waals surface area contributed by atoms with Crippen LogP contribution in [0.3, 0.4) is 0 Å². The van der Waals surface area contributed by atoms with Crippen LogP contribution in [0.4, 0.5) is 17.6 Å². The summed E-state index contributed by atoms with van der Waals surface area (Å²) in [5.74, 6) is -5.18. The second kappa shape index (κ2) is 12.7. The van der Waals surface area contributed by atoms with E-state index in [1.165, 1.54) is 18.2 Å². The number of benzene rings is 2. The van der Waals surface area contributed by atoms with Crippen LogP contribution in [-0.2, 0) is 16.1 Å². The lowest BCUT2D eigenvalue weighted by atomic mass is 10.0. The fourth-order valence-electron chi connectivity index (χ4n) is 3.73. The van der Waals surface area contributed by atoms with E-state index in [0.29, 0.717) is 12.0 Å². The summed E-state index contributed by atoms with van der Waals surface area (Å²) >= 11 is 0. The number of nitrogens with zero attached hydrogens (tertiary/aromatic N) is 1. The van der Waals surface area contributed by atoms with Crippen molar-refractivity contribution in [1.82, 2.24) is 15.6 Å². The van der Waals surface area contributed by atoms with Gasteiger partial charge in [0.05, 0.1) is 19.7 Å². The molecule has 15 heteroatoms. The first-order valence-electron chi connectivity index (χ1n) is 12.3. The third-order valence-electron chi connectivity index (χ3n) is 5.92. The fourth-order valence-corrected chi connectivity index (χ4v) is 3.73. The first-order chi connectivity index (χ1) is 19.5. The quantitative estimate of drug-likeness (QED) is 0.224. The highest BCUT2D eigenvalue weighted by molar-refractivity contribution is 5.98. The maximum atomic E-state index is 14.6. The van der Waals surface area contributed by atoms with Gasteiger partial charge in [0.1, 0.15) is 17.7 Å². The predicted octanol–water partition coefficient (Wildman–Crippen LogP) is 2.54. The molecule has 1 aromatic heterocycles. The lowest BCUT2D eigenvalue weighted by molar-refractivity contribution is -0.126. The van der Waals surface area contributed by atoms with Crippen LogP contribution in [0.1, 0.15) is 40.7 Å². The molecule has 1 aliphatic rings. The van der Waals surface area contributed by atoms with Crippen LogP contribution in [0.15, 0.2) is 40.8 Å². The van der Waals surface area contributed by atoms with Gasteiger partial charge in [0.25, 0.3) is 5.91 Å². The number of amides is 3. The number of nitrogens with one attached hydrogen (secondary N) is 2. The number of nitrogens with two attached hydrogens (primary N) is 2. The Morgan fingerprint density at radius 1 is 1.10 bits per heavy atom. The number of hydrogen-bond acceptors (Lipinski definition) is 8. The van der Waals surface area contributed by atoms with Gasteiger partial charge in [-0.25, -0.2) is 13.8 Å². The number of primary amides is 1. The predicted molar refractivity (Wildman–Crippen MR) is 133 cm³/mol. The van der Waals surface area contributed by atoms with Gasteiger partial charge in [0, 0.05) is 17.2 Å². The van der Waals surface area contributed by atoms with Gasteiger partial charge in [-0.15, -0.1) is 0 Å².